The number of amides is 1. The van der Waals surface area contributed by atoms with E-state index in [0.717, 1.165) is 57.2 Å². The third kappa shape index (κ3) is 5.04. The van der Waals surface area contributed by atoms with Gasteiger partial charge in [0.25, 0.3) is 0 Å². The average molecular weight is 552 g/mol. The number of likely N-dealkylation sites (tertiary alicyclic amines) is 1. The molecular formula is C27H30BrN5O3. The van der Waals surface area contributed by atoms with Crippen LogP contribution in [-0.2, 0) is 0 Å². The van der Waals surface area contributed by atoms with Crippen LogP contribution in [0.4, 0.5) is 4.79 Å². The Morgan fingerprint density at radius 2 is 2.00 bits per heavy atom. The number of imidazole rings is 1. The van der Waals surface area contributed by atoms with Crippen LogP contribution in [-0.4, -0.2) is 44.9 Å². The van der Waals surface area contributed by atoms with Crippen LogP contribution in [0.2, 0.25) is 0 Å². The molecule has 0 aliphatic carbocycles. The summed E-state index contributed by atoms with van der Waals surface area (Å²) in [6, 6.07) is 19.8. The summed E-state index contributed by atoms with van der Waals surface area (Å²) in [5, 5.41) is 11.5. The van der Waals surface area contributed by atoms with Crippen molar-refractivity contribution in [2.75, 3.05) is 6.54 Å². The van der Waals surface area contributed by atoms with Gasteiger partial charge in [-0.2, -0.15) is 0 Å². The van der Waals surface area contributed by atoms with E-state index in [0.29, 0.717) is 0 Å². The van der Waals surface area contributed by atoms with Gasteiger partial charge in [0.05, 0.1) is 23.1 Å². The number of para-hydroxylation sites is 1. The van der Waals surface area contributed by atoms with Crippen molar-refractivity contribution in [3.05, 3.63) is 71.0 Å². The monoisotopic (exact) mass is 551 g/mol. The standard InChI is InChI=1S/C27H30BrN5O3/c1-16(2)23(31-32-27(34)35)26(36-19-7-4-3-5-8-19)33-14-6-9-22(33)25-29-21-13-10-17-15-18(28)11-12-20(17)24(21)30-25/h3-5,7-8,10-13,15-16,22-23,26,31-32H,6,9,14H2,1-2H3,(H,29,30)(H,34,35)/t22-,23?,26-/m0/s1. The molecule has 1 fully saturated rings. The first-order valence-electron chi connectivity index (χ1n) is 12.2. The van der Waals surface area contributed by atoms with Crippen LogP contribution in [0, 0.1) is 5.92 Å². The van der Waals surface area contributed by atoms with E-state index in [1.165, 1.54) is 0 Å². The number of H-pyrrole nitrogens is 1. The Bertz CT molecular complexity index is 1360. The van der Waals surface area contributed by atoms with E-state index in [1.54, 1.807) is 0 Å². The second-order valence-corrected chi connectivity index (χ2v) is 10.4. The lowest BCUT2D eigenvalue weighted by Crippen LogP contribution is -2.59. The number of nitrogens with zero attached hydrogens (tertiary/aromatic N) is 2. The molecule has 1 aromatic heterocycles. The predicted molar refractivity (Wildman–Crippen MR) is 144 cm³/mol. The lowest BCUT2D eigenvalue weighted by molar-refractivity contribution is -0.0292. The SMILES string of the molecule is CC(C)C(NNC(=O)O)[C@H](Oc1ccccc1)N1CCC[C@H]1c1nc2c(ccc3cc(Br)ccc32)[nH]1. The van der Waals surface area contributed by atoms with Gasteiger partial charge in [0.2, 0.25) is 0 Å². The summed E-state index contributed by atoms with van der Waals surface area (Å²) < 4.78 is 7.58. The lowest BCUT2D eigenvalue weighted by atomic mass is 10.0. The zero-order chi connectivity index (χ0) is 25.2. The minimum absolute atomic E-state index is 0.00416. The van der Waals surface area contributed by atoms with Crippen molar-refractivity contribution in [2.45, 2.75) is 45.0 Å². The van der Waals surface area contributed by atoms with Crippen molar-refractivity contribution in [2.24, 2.45) is 5.92 Å². The molecule has 9 heteroatoms. The third-order valence-electron chi connectivity index (χ3n) is 6.76. The number of carbonyl (C=O) groups is 1. The van der Waals surface area contributed by atoms with Gasteiger partial charge in [0.1, 0.15) is 11.6 Å². The molecule has 0 saturated carbocycles. The average Bonchev–Trinajstić information content (AvgIpc) is 3.50. The van der Waals surface area contributed by atoms with Crippen molar-refractivity contribution in [1.29, 1.82) is 0 Å². The highest BCUT2D eigenvalue weighted by molar-refractivity contribution is 9.10. The Morgan fingerprint density at radius 1 is 1.19 bits per heavy atom. The molecular weight excluding hydrogens is 522 g/mol. The Balaban J connectivity index is 1.52. The molecule has 3 atom stereocenters. The topological polar surface area (TPSA) is 103 Å². The molecule has 4 aromatic rings. The summed E-state index contributed by atoms with van der Waals surface area (Å²) in [5.41, 5.74) is 7.29. The lowest BCUT2D eigenvalue weighted by Gasteiger charge is -2.39. The largest absolute Gasteiger partial charge is 0.473 e. The highest BCUT2D eigenvalue weighted by Gasteiger charge is 2.40. The van der Waals surface area contributed by atoms with E-state index in [2.05, 4.69) is 74.8 Å². The minimum Gasteiger partial charge on any atom is -0.473 e. The predicted octanol–water partition coefficient (Wildman–Crippen LogP) is 5.82. The van der Waals surface area contributed by atoms with Crippen molar-refractivity contribution in [3.63, 3.8) is 0 Å². The van der Waals surface area contributed by atoms with Gasteiger partial charge in [-0.15, -0.1) is 0 Å². The first-order valence-corrected chi connectivity index (χ1v) is 13.0. The fourth-order valence-corrected chi connectivity index (χ4v) is 5.41. The second-order valence-electron chi connectivity index (χ2n) is 9.51. The Hall–Kier alpha value is -3.14. The zero-order valence-electron chi connectivity index (χ0n) is 20.2. The van der Waals surface area contributed by atoms with E-state index >= 15 is 0 Å². The van der Waals surface area contributed by atoms with Crippen LogP contribution < -0.4 is 15.6 Å². The summed E-state index contributed by atoms with van der Waals surface area (Å²) >= 11 is 3.56. The smallest absolute Gasteiger partial charge is 0.419 e. The third-order valence-corrected chi connectivity index (χ3v) is 7.25. The van der Waals surface area contributed by atoms with Gasteiger partial charge >= 0.3 is 6.09 Å². The van der Waals surface area contributed by atoms with Gasteiger partial charge in [-0.05, 0) is 54.5 Å². The van der Waals surface area contributed by atoms with Crippen LogP contribution in [0.25, 0.3) is 21.8 Å². The highest BCUT2D eigenvalue weighted by atomic mass is 79.9. The van der Waals surface area contributed by atoms with Crippen LogP contribution >= 0.6 is 15.9 Å². The van der Waals surface area contributed by atoms with Crippen LogP contribution in [0.5, 0.6) is 5.75 Å². The number of aromatic amines is 1. The van der Waals surface area contributed by atoms with Gasteiger partial charge in [-0.1, -0.05) is 60.1 Å². The molecule has 4 N–H and O–H groups in total. The van der Waals surface area contributed by atoms with E-state index in [4.69, 9.17) is 9.72 Å². The number of halogens is 1. The maximum Gasteiger partial charge on any atom is 0.419 e. The molecule has 1 unspecified atom stereocenters. The Kier molecular flexibility index (Phi) is 7.13. The molecule has 1 amide bonds. The fourth-order valence-electron chi connectivity index (χ4n) is 5.04. The molecule has 1 saturated heterocycles. The van der Waals surface area contributed by atoms with E-state index in [1.807, 2.05) is 36.4 Å². The molecule has 1 aliphatic heterocycles. The van der Waals surface area contributed by atoms with Crippen molar-refractivity contribution in [1.82, 2.24) is 25.7 Å². The number of rotatable bonds is 8. The molecule has 2 heterocycles. The number of hydrogen-bond donors (Lipinski definition) is 4. The maximum atomic E-state index is 11.3. The second kappa shape index (κ2) is 10.5. The van der Waals surface area contributed by atoms with Crippen LogP contribution in [0.15, 0.2) is 65.1 Å². The summed E-state index contributed by atoms with van der Waals surface area (Å²) in [6.07, 6.45) is 0.358. The first kappa shape index (κ1) is 24.5. The van der Waals surface area contributed by atoms with E-state index < -0.39 is 12.3 Å². The van der Waals surface area contributed by atoms with Gasteiger partial charge in [0.15, 0.2) is 6.23 Å². The zero-order valence-corrected chi connectivity index (χ0v) is 21.8. The normalized spacial score (nSPS) is 18.1. The first-order chi connectivity index (χ1) is 17.4. The molecule has 3 aromatic carbocycles. The Morgan fingerprint density at radius 3 is 2.75 bits per heavy atom. The minimum atomic E-state index is -1.13. The molecule has 0 bridgehead atoms. The van der Waals surface area contributed by atoms with Crippen LogP contribution in [0.3, 0.4) is 0 Å². The molecule has 188 valence electrons. The van der Waals surface area contributed by atoms with Crippen molar-refractivity contribution < 1.29 is 14.6 Å². The van der Waals surface area contributed by atoms with E-state index in [9.17, 15) is 9.90 Å². The number of aromatic nitrogens is 2. The molecule has 5 rings (SSSR count). The number of carboxylic acid groups (broad SMARTS) is 1. The molecule has 36 heavy (non-hydrogen) atoms. The number of benzene rings is 3. The number of hydrogen-bond acceptors (Lipinski definition) is 5. The van der Waals surface area contributed by atoms with Crippen molar-refractivity contribution >= 4 is 43.8 Å². The van der Waals surface area contributed by atoms with Crippen LogP contribution in [0.1, 0.15) is 38.6 Å². The molecule has 0 spiro atoms. The summed E-state index contributed by atoms with van der Waals surface area (Å²) in [6.45, 7) is 4.92. The maximum absolute atomic E-state index is 11.3. The van der Waals surface area contributed by atoms with E-state index in [-0.39, 0.29) is 18.0 Å². The number of fused-ring (bicyclic) bond motifs is 3. The number of ether oxygens (including phenoxy) is 1. The fraction of sp³-hybridized carbons (Fsp3) is 0.333. The number of hydrazine groups is 1. The van der Waals surface area contributed by atoms with Gasteiger partial charge in [-0.25, -0.2) is 15.2 Å². The van der Waals surface area contributed by atoms with Gasteiger partial charge in [0, 0.05) is 16.4 Å². The number of nitrogens with one attached hydrogen (secondary N) is 3. The molecule has 0 radical (unpaired) electrons. The van der Waals surface area contributed by atoms with Gasteiger partial charge < -0.3 is 14.8 Å². The molecule has 1 aliphatic rings. The summed E-state index contributed by atoms with van der Waals surface area (Å²) in [4.78, 5) is 22.2. The molecule has 8 nitrogen and oxygen atoms in total. The summed E-state index contributed by atoms with van der Waals surface area (Å²) in [5.74, 6) is 1.72. The van der Waals surface area contributed by atoms with Crippen molar-refractivity contribution in [3.8, 4) is 5.75 Å². The Labute approximate surface area is 218 Å². The highest BCUT2D eigenvalue weighted by Crippen LogP contribution is 2.37. The summed E-state index contributed by atoms with van der Waals surface area (Å²) in [7, 11) is 0. The van der Waals surface area contributed by atoms with Gasteiger partial charge in [-0.3, -0.25) is 10.3 Å². The quantitative estimate of drug-likeness (QED) is 0.206.